The minimum Gasteiger partial charge on any atom is -0.481 e. The molecular weight excluding hydrogens is 446 g/mol. The third kappa shape index (κ3) is 5.65. The maximum Gasteiger partial charge on any atom is 0.407 e. The Kier molecular flexibility index (Phi) is 7.40. The Hall–Kier alpha value is -3.39. The Morgan fingerprint density at radius 2 is 1.54 bits per heavy atom. The number of carbonyl (C=O) groups excluding carboxylic acids is 2. The Labute approximate surface area is 205 Å². The molecule has 8 nitrogen and oxygen atoms in total. The number of carboxylic acids is 1. The number of carboxylic acid groups (broad SMARTS) is 1. The zero-order valence-corrected chi connectivity index (χ0v) is 20.3. The molecule has 2 aromatic carbocycles. The van der Waals surface area contributed by atoms with Gasteiger partial charge in [0.05, 0.1) is 11.8 Å². The van der Waals surface area contributed by atoms with Gasteiger partial charge in [-0.3, -0.25) is 14.5 Å². The van der Waals surface area contributed by atoms with Gasteiger partial charge in [0.15, 0.2) is 0 Å². The summed E-state index contributed by atoms with van der Waals surface area (Å²) in [5, 5.41) is 11.6. The Bertz CT molecular complexity index is 1050. The van der Waals surface area contributed by atoms with Gasteiger partial charge in [-0.15, -0.1) is 0 Å². The van der Waals surface area contributed by atoms with Crippen LogP contribution >= 0.6 is 0 Å². The number of nitrogens with one attached hydrogen (secondary N) is 1. The maximum absolute atomic E-state index is 13.1. The summed E-state index contributed by atoms with van der Waals surface area (Å²) in [6.45, 7) is 6.91. The number of nitrogens with zero attached hydrogens (tertiary/aromatic N) is 2. The lowest BCUT2D eigenvalue weighted by atomic mass is 9.91. The molecule has 2 amide bonds. The number of aliphatic carboxylic acids is 1. The quantitative estimate of drug-likeness (QED) is 0.604. The van der Waals surface area contributed by atoms with Gasteiger partial charge in [0.25, 0.3) is 0 Å². The molecule has 0 bridgehead atoms. The molecule has 1 aliphatic heterocycles. The number of ether oxygens (including phenoxy) is 1. The van der Waals surface area contributed by atoms with Crippen LogP contribution in [0.1, 0.15) is 37.3 Å². The van der Waals surface area contributed by atoms with E-state index in [0.29, 0.717) is 32.7 Å². The number of amides is 2. The van der Waals surface area contributed by atoms with Crippen molar-refractivity contribution in [1.29, 1.82) is 0 Å². The van der Waals surface area contributed by atoms with Gasteiger partial charge in [0, 0.05) is 45.2 Å². The average Bonchev–Trinajstić information content (AvgIpc) is 3.18. The van der Waals surface area contributed by atoms with Gasteiger partial charge in [-0.1, -0.05) is 48.5 Å². The van der Waals surface area contributed by atoms with E-state index in [9.17, 15) is 14.4 Å². The first-order valence-electron chi connectivity index (χ1n) is 12.1. The fourth-order valence-corrected chi connectivity index (χ4v) is 4.87. The van der Waals surface area contributed by atoms with Gasteiger partial charge < -0.3 is 20.1 Å². The van der Waals surface area contributed by atoms with Crippen LogP contribution in [0, 0.1) is 5.41 Å². The molecule has 186 valence electrons. The number of benzene rings is 2. The van der Waals surface area contributed by atoms with Crippen LogP contribution < -0.4 is 5.32 Å². The van der Waals surface area contributed by atoms with Crippen molar-refractivity contribution < 1.29 is 24.2 Å². The van der Waals surface area contributed by atoms with Gasteiger partial charge in [0.1, 0.15) is 6.61 Å². The number of hydrogen-bond acceptors (Lipinski definition) is 5. The first-order valence-corrected chi connectivity index (χ1v) is 12.1. The summed E-state index contributed by atoms with van der Waals surface area (Å²) in [7, 11) is 0. The lowest BCUT2D eigenvalue weighted by Gasteiger charge is -2.38. The minimum absolute atomic E-state index is 0.0137. The summed E-state index contributed by atoms with van der Waals surface area (Å²) < 4.78 is 5.59. The topological polar surface area (TPSA) is 99.2 Å². The van der Waals surface area contributed by atoms with Crippen molar-refractivity contribution in [2.45, 2.75) is 26.2 Å². The van der Waals surface area contributed by atoms with Crippen LogP contribution in [0.3, 0.4) is 0 Å². The van der Waals surface area contributed by atoms with Crippen LogP contribution in [0.4, 0.5) is 4.79 Å². The molecular formula is C27H33N3O5. The highest BCUT2D eigenvalue weighted by atomic mass is 16.5. The monoisotopic (exact) mass is 479 g/mol. The molecule has 1 fully saturated rings. The highest BCUT2D eigenvalue weighted by Gasteiger charge is 2.34. The normalized spacial score (nSPS) is 15.9. The second-order valence-electron chi connectivity index (χ2n) is 9.84. The second-order valence-corrected chi connectivity index (χ2v) is 9.84. The summed E-state index contributed by atoms with van der Waals surface area (Å²) in [5.74, 6) is -0.863. The van der Waals surface area contributed by atoms with Crippen molar-refractivity contribution in [3.05, 3.63) is 59.7 Å². The maximum atomic E-state index is 13.1. The van der Waals surface area contributed by atoms with E-state index in [1.165, 1.54) is 11.1 Å². The molecule has 0 unspecified atom stereocenters. The van der Waals surface area contributed by atoms with E-state index in [1.807, 2.05) is 38.1 Å². The molecule has 2 N–H and O–H groups in total. The molecule has 0 aromatic heterocycles. The number of alkyl carbamates (subject to hydrolysis) is 1. The summed E-state index contributed by atoms with van der Waals surface area (Å²) in [6, 6.07) is 16.4. The first kappa shape index (κ1) is 24.7. The number of fused-ring (bicyclic) bond motifs is 3. The standard InChI is InChI=1S/C27H33N3O5/c1-27(2,25(33)30-15-13-29(14-16-30)12-11-24(31)32)18-28-26(34)35-17-23-21-9-5-3-7-19(21)20-8-4-6-10-22(20)23/h3-10,23H,11-18H2,1-2H3,(H,28,34)(H,31,32). The summed E-state index contributed by atoms with van der Waals surface area (Å²) in [6.07, 6.45) is -0.435. The Morgan fingerprint density at radius 1 is 0.971 bits per heavy atom. The molecule has 2 aromatic rings. The van der Waals surface area contributed by atoms with E-state index in [0.717, 1.165) is 11.1 Å². The van der Waals surface area contributed by atoms with Crippen molar-refractivity contribution >= 4 is 18.0 Å². The zero-order chi connectivity index (χ0) is 25.0. The zero-order valence-electron chi connectivity index (χ0n) is 20.3. The van der Waals surface area contributed by atoms with E-state index >= 15 is 0 Å². The lowest BCUT2D eigenvalue weighted by molar-refractivity contribution is -0.143. The van der Waals surface area contributed by atoms with E-state index in [2.05, 4.69) is 34.5 Å². The molecule has 1 heterocycles. The van der Waals surface area contributed by atoms with Crippen molar-refractivity contribution in [2.24, 2.45) is 5.41 Å². The van der Waals surface area contributed by atoms with E-state index in [4.69, 9.17) is 9.84 Å². The molecule has 35 heavy (non-hydrogen) atoms. The molecule has 0 radical (unpaired) electrons. The molecule has 1 aliphatic carbocycles. The number of carbonyl (C=O) groups is 3. The van der Waals surface area contributed by atoms with Gasteiger partial charge in [0.2, 0.25) is 5.91 Å². The number of rotatable bonds is 8. The number of piperazine rings is 1. The van der Waals surface area contributed by atoms with Crippen LogP contribution in [-0.4, -0.2) is 78.8 Å². The Balaban J connectivity index is 1.26. The van der Waals surface area contributed by atoms with Crippen LogP contribution in [-0.2, 0) is 14.3 Å². The van der Waals surface area contributed by atoms with Gasteiger partial charge >= 0.3 is 12.1 Å². The fourth-order valence-electron chi connectivity index (χ4n) is 4.87. The van der Waals surface area contributed by atoms with Crippen LogP contribution in [0.2, 0.25) is 0 Å². The first-order chi connectivity index (χ1) is 16.8. The summed E-state index contributed by atoms with van der Waals surface area (Å²) >= 11 is 0. The predicted octanol–water partition coefficient (Wildman–Crippen LogP) is 3.17. The van der Waals surface area contributed by atoms with Crippen LogP contribution in [0.5, 0.6) is 0 Å². The third-order valence-corrected chi connectivity index (χ3v) is 6.90. The second kappa shape index (κ2) is 10.5. The lowest BCUT2D eigenvalue weighted by Crippen LogP contribution is -2.54. The molecule has 1 saturated heterocycles. The van der Waals surface area contributed by atoms with E-state index in [1.54, 1.807) is 4.90 Å². The largest absolute Gasteiger partial charge is 0.481 e. The highest BCUT2D eigenvalue weighted by molar-refractivity contribution is 5.83. The Morgan fingerprint density at radius 3 is 2.11 bits per heavy atom. The summed E-state index contributed by atoms with van der Waals surface area (Å²) in [4.78, 5) is 40.2. The van der Waals surface area contributed by atoms with Crippen LogP contribution in [0.15, 0.2) is 48.5 Å². The SMILES string of the molecule is CC(C)(CNC(=O)OCC1c2ccccc2-c2ccccc21)C(=O)N1CCN(CCC(=O)O)CC1. The van der Waals surface area contributed by atoms with Gasteiger partial charge in [-0.05, 0) is 36.1 Å². The van der Waals surface area contributed by atoms with E-state index in [-0.39, 0.29) is 31.4 Å². The molecule has 2 aliphatic rings. The van der Waals surface area contributed by atoms with Crippen molar-refractivity contribution in [1.82, 2.24) is 15.1 Å². The molecule has 0 atom stereocenters. The van der Waals surface area contributed by atoms with Crippen molar-refractivity contribution in [3.63, 3.8) is 0 Å². The smallest absolute Gasteiger partial charge is 0.407 e. The number of hydrogen-bond donors (Lipinski definition) is 2. The average molecular weight is 480 g/mol. The van der Waals surface area contributed by atoms with Gasteiger partial charge in [-0.2, -0.15) is 0 Å². The molecule has 8 heteroatoms. The molecule has 4 rings (SSSR count). The van der Waals surface area contributed by atoms with Gasteiger partial charge in [-0.25, -0.2) is 4.79 Å². The molecule has 0 saturated carbocycles. The molecule has 0 spiro atoms. The summed E-state index contributed by atoms with van der Waals surface area (Å²) in [5.41, 5.74) is 3.87. The third-order valence-electron chi connectivity index (χ3n) is 6.90. The van der Waals surface area contributed by atoms with Crippen molar-refractivity contribution in [2.75, 3.05) is 45.9 Å². The van der Waals surface area contributed by atoms with E-state index < -0.39 is 17.5 Å². The van der Waals surface area contributed by atoms with Crippen molar-refractivity contribution in [3.8, 4) is 11.1 Å². The highest BCUT2D eigenvalue weighted by Crippen LogP contribution is 2.44. The minimum atomic E-state index is -0.816. The predicted molar refractivity (Wildman–Crippen MR) is 132 cm³/mol. The van der Waals surface area contributed by atoms with Crippen LogP contribution in [0.25, 0.3) is 11.1 Å². The fraction of sp³-hybridized carbons (Fsp3) is 0.444.